The summed E-state index contributed by atoms with van der Waals surface area (Å²) in [6, 6.07) is 0. The van der Waals surface area contributed by atoms with Crippen molar-refractivity contribution in [3.05, 3.63) is 6.33 Å². The van der Waals surface area contributed by atoms with E-state index in [0.717, 1.165) is 25.9 Å². The fourth-order valence-electron chi connectivity index (χ4n) is 2.31. The van der Waals surface area contributed by atoms with Gasteiger partial charge in [-0.2, -0.15) is 0 Å². The summed E-state index contributed by atoms with van der Waals surface area (Å²) in [5.74, 6) is 0.0212. The number of nitrogens with one attached hydrogen (secondary N) is 1. The maximum Gasteiger partial charge on any atom is 0.248 e. The number of likely N-dealkylation sites (tertiary alicyclic amines) is 1. The van der Waals surface area contributed by atoms with Gasteiger partial charge < -0.3 is 10.6 Å². The molecule has 2 rings (SSSR count). The van der Waals surface area contributed by atoms with Crippen LogP contribution >= 0.6 is 0 Å². The average Bonchev–Trinajstić information content (AvgIpc) is 2.73. The number of anilines is 1. The van der Waals surface area contributed by atoms with Gasteiger partial charge in [-0.15, -0.1) is 5.10 Å². The minimum Gasteiger partial charge on any atom is -0.341 e. The van der Waals surface area contributed by atoms with E-state index in [-0.39, 0.29) is 37.3 Å². The van der Waals surface area contributed by atoms with Crippen LogP contribution in [0.25, 0.3) is 0 Å². The molecule has 1 fully saturated rings. The molecular formula is C13H22N6O2. The molecule has 0 spiro atoms. The summed E-state index contributed by atoms with van der Waals surface area (Å²) in [7, 11) is 0. The zero-order chi connectivity index (χ0) is 15.1. The van der Waals surface area contributed by atoms with E-state index in [1.165, 1.54) is 23.9 Å². The standard InChI is InChI=1S/C13H22N6O2/c14-6-5-11(20)16-13-15-10-19(17-13)9-12(21)18-7-3-1-2-4-8-18/h10H,1-9,14H2,(H,16,17,20). The maximum atomic E-state index is 12.2. The van der Waals surface area contributed by atoms with Crippen LogP contribution < -0.4 is 11.1 Å². The fourth-order valence-corrected chi connectivity index (χ4v) is 2.31. The Hall–Kier alpha value is -1.96. The zero-order valence-corrected chi connectivity index (χ0v) is 12.1. The van der Waals surface area contributed by atoms with E-state index in [4.69, 9.17) is 5.73 Å². The number of nitrogens with zero attached hydrogens (tertiary/aromatic N) is 4. The molecule has 1 aromatic rings. The monoisotopic (exact) mass is 294 g/mol. The topological polar surface area (TPSA) is 106 Å². The molecule has 0 bridgehead atoms. The van der Waals surface area contributed by atoms with Crippen molar-refractivity contribution in [2.24, 2.45) is 5.73 Å². The highest BCUT2D eigenvalue weighted by Gasteiger charge is 2.16. The summed E-state index contributed by atoms with van der Waals surface area (Å²) in [4.78, 5) is 29.4. The van der Waals surface area contributed by atoms with Gasteiger partial charge in [0.25, 0.3) is 0 Å². The third-order valence-electron chi connectivity index (χ3n) is 3.42. The lowest BCUT2D eigenvalue weighted by atomic mass is 10.2. The van der Waals surface area contributed by atoms with Crippen LogP contribution in [0.2, 0.25) is 0 Å². The van der Waals surface area contributed by atoms with E-state index >= 15 is 0 Å². The number of rotatable bonds is 5. The lowest BCUT2D eigenvalue weighted by Gasteiger charge is -2.19. The van der Waals surface area contributed by atoms with Crippen molar-refractivity contribution >= 4 is 17.8 Å². The highest BCUT2D eigenvalue weighted by atomic mass is 16.2. The van der Waals surface area contributed by atoms with Crippen molar-refractivity contribution < 1.29 is 9.59 Å². The smallest absolute Gasteiger partial charge is 0.248 e. The SMILES string of the molecule is NCCC(=O)Nc1ncn(CC(=O)N2CCCCCC2)n1. The first-order chi connectivity index (χ1) is 10.2. The largest absolute Gasteiger partial charge is 0.341 e. The number of carbonyl (C=O) groups excluding carboxylic acids is 2. The molecule has 116 valence electrons. The molecular weight excluding hydrogens is 272 g/mol. The summed E-state index contributed by atoms with van der Waals surface area (Å²) >= 11 is 0. The summed E-state index contributed by atoms with van der Waals surface area (Å²) < 4.78 is 1.45. The lowest BCUT2D eigenvalue weighted by molar-refractivity contribution is -0.132. The Morgan fingerprint density at radius 2 is 1.95 bits per heavy atom. The minimum atomic E-state index is -0.228. The zero-order valence-electron chi connectivity index (χ0n) is 12.1. The van der Waals surface area contributed by atoms with Gasteiger partial charge in [-0.25, -0.2) is 9.67 Å². The molecule has 0 aliphatic carbocycles. The number of carbonyl (C=O) groups is 2. The lowest BCUT2D eigenvalue weighted by Crippen LogP contribution is -2.34. The Morgan fingerprint density at radius 3 is 2.62 bits per heavy atom. The number of hydrogen-bond acceptors (Lipinski definition) is 5. The summed E-state index contributed by atoms with van der Waals surface area (Å²) in [6.07, 6.45) is 6.16. The molecule has 1 aliphatic rings. The predicted octanol–water partition coefficient (Wildman–Crippen LogP) is -0.0320. The summed E-state index contributed by atoms with van der Waals surface area (Å²) in [6.45, 7) is 2.06. The molecule has 8 nitrogen and oxygen atoms in total. The molecule has 8 heteroatoms. The number of hydrogen-bond donors (Lipinski definition) is 2. The first-order valence-corrected chi connectivity index (χ1v) is 7.36. The molecule has 0 radical (unpaired) electrons. The second kappa shape index (κ2) is 7.72. The van der Waals surface area contributed by atoms with E-state index in [1.54, 1.807) is 0 Å². The number of nitrogens with two attached hydrogens (primary N) is 1. The van der Waals surface area contributed by atoms with E-state index in [0.29, 0.717) is 0 Å². The minimum absolute atomic E-state index is 0.0432. The normalized spacial score (nSPS) is 15.6. The highest BCUT2D eigenvalue weighted by Crippen LogP contribution is 2.10. The quantitative estimate of drug-likeness (QED) is 0.793. The van der Waals surface area contributed by atoms with Gasteiger partial charge in [0.2, 0.25) is 17.8 Å². The van der Waals surface area contributed by atoms with Crippen molar-refractivity contribution in [3.8, 4) is 0 Å². The van der Waals surface area contributed by atoms with Crippen LogP contribution in [-0.4, -0.2) is 51.1 Å². The summed E-state index contributed by atoms with van der Waals surface area (Å²) in [5, 5.41) is 6.62. The van der Waals surface area contributed by atoms with E-state index in [1.807, 2.05) is 4.90 Å². The van der Waals surface area contributed by atoms with Crippen molar-refractivity contribution in [2.45, 2.75) is 38.6 Å². The van der Waals surface area contributed by atoms with Gasteiger partial charge in [-0.3, -0.25) is 14.9 Å². The first-order valence-electron chi connectivity index (χ1n) is 7.36. The average molecular weight is 294 g/mol. The molecule has 2 amide bonds. The Balaban J connectivity index is 1.86. The number of amides is 2. The van der Waals surface area contributed by atoms with Crippen LogP contribution in [0.4, 0.5) is 5.95 Å². The molecule has 0 aromatic carbocycles. The van der Waals surface area contributed by atoms with Crippen LogP contribution in [0, 0.1) is 0 Å². The van der Waals surface area contributed by atoms with Crippen LogP contribution in [-0.2, 0) is 16.1 Å². The second-order valence-electron chi connectivity index (χ2n) is 5.15. The van der Waals surface area contributed by atoms with Crippen molar-refractivity contribution in [1.82, 2.24) is 19.7 Å². The van der Waals surface area contributed by atoms with Gasteiger partial charge in [0.05, 0.1) is 0 Å². The Kier molecular flexibility index (Phi) is 5.68. The van der Waals surface area contributed by atoms with Crippen molar-refractivity contribution in [2.75, 3.05) is 25.0 Å². The van der Waals surface area contributed by atoms with Crippen LogP contribution in [0.3, 0.4) is 0 Å². The molecule has 0 saturated carbocycles. The molecule has 2 heterocycles. The Bertz CT molecular complexity index is 479. The van der Waals surface area contributed by atoms with Gasteiger partial charge >= 0.3 is 0 Å². The van der Waals surface area contributed by atoms with Crippen LogP contribution in [0.1, 0.15) is 32.1 Å². The third-order valence-corrected chi connectivity index (χ3v) is 3.42. The predicted molar refractivity (Wildman–Crippen MR) is 77.4 cm³/mol. The molecule has 21 heavy (non-hydrogen) atoms. The summed E-state index contributed by atoms with van der Waals surface area (Å²) in [5.41, 5.74) is 5.29. The van der Waals surface area contributed by atoms with Crippen molar-refractivity contribution in [1.29, 1.82) is 0 Å². The molecule has 1 saturated heterocycles. The van der Waals surface area contributed by atoms with Crippen molar-refractivity contribution in [3.63, 3.8) is 0 Å². The second-order valence-corrected chi connectivity index (χ2v) is 5.15. The molecule has 0 unspecified atom stereocenters. The maximum absolute atomic E-state index is 12.2. The van der Waals surface area contributed by atoms with Gasteiger partial charge in [0.15, 0.2) is 0 Å². The van der Waals surface area contributed by atoms with E-state index < -0.39 is 0 Å². The van der Waals surface area contributed by atoms with Gasteiger partial charge in [0, 0.05) is 26.1 Å². The number of aromatic nitrogens is 3. The third kappa shape index (κ3) is 4.82. The van der Waals surface area contributed by atoms with Crippen LogP contribution in [0.15, 0.2) is 6.33 Å². The van der Waals surface area contributed by atoms with Crippen LogP contribution in [0.5, 0.6) is 0 Å². The fraction of sp³-hybridized carbons (Fsp3) is 0.692. The molecule has 1 aliphatic heterocycles. The Labute approximate surface area is 123 Å². The van der Waals surface area contributed by atoms with Gasteiger partial charge in [0.1, 0.15) is 12.9 Å². The van der Waals surface area contributed by atoms with E-state index in [9.17, 15) is 9.59 Å². The first kappa shape index (κ1) is 15.4. The highest BCUT2D eigenvalue weighted by molar-refractivity contribution is 5.88. The van der Waals surface area contributed by atoms with E-state index in [2.05, 4.69) is 15.4 Å². The Morgan fingerprint density at radius 1 is 1.24 bits per heavy atom. The molecule has 0 atom stereocenters. The molecule has 1 aromatic heterocycles. The molecule has 3 N–H and O–H groups in total. The van der Waals surface area contributed by atoms with Gasteiger partial charge in [-0.1, -0.05) is 12.8 Å². The van der Waals surface area contributed by atoms with Gasteiger partial charge in [-0.05, 0) is 12.8 Å².